The normalized spacial score (nSPS) is 15.7. The fourth-order valence-electron chi connectivity index (χ4n) is 6.17. The first-order chi connectivity index (χ1) is 24.5. The highest BCUT2D eigenvalue weighted by atomic mass is 19.1. The average molecular weight is 725 g/mol. The Kier molecular flexibility index (Phi) is 10.8. The number of pyridine rings is 3. The van der Waals surface area contributed by atoms with Gasteiger partial charge in [0.25, 0.3) is 0 Å². The number of hydrogen-bond donors (Lipinski definition) is 0. The monoisotopic (exact) mass is 724 g/mol. The highest BCUT2D eigenvalue weighted by Crippen LogP contribution is 2.41. The number of anilines is 1. The molecule has 0 N–H and O–H groups in total. The average Bonchev–Trinajstić information content (AvgIpc) is 3.07. The van der Waals surface area contributed by atoms with E-state index in [1.165, 1.54) is 36.2 Å². The molecule has 52 heavy (non-hydrogen) atoms. The van der Waals surface area contributed by atoms with E-state index in [-0.39, 0.29) is 59.3 Å². The van der Waals surface area contributed by atoms with E-state index in [1.807, 2.05) is 13.8 Å². The van der Waals surface area contributed by atoms with Crippen molar-refractivity contribution < 1.29 is 37.4 Å². The predicted molar refractivity (Wildman–Crippen MR) is 189 cm³/mol. The number of ether oxygens (including phenoxy) is 4. The number of carbonyl (C=O) groups excluding carboxylic acids is 1. The number of amides is 1. The van der Waals surface area contributed by atoms with Crippen LogP contribution in [-0.2, 0) is 14.2 Å². The summed E-state index contributed by atoms with van der Waals surface area (Å²) in [5, 5.41) is 12.9. The maximum Gasteiger partial charge on any atom is 0.410 e. The van der Waals surface area contributed by atoms with Gasteiger partial charge in [0.05, 0.1) is 40.9 Å². The molecule has 1 amide bonds. The second kappa shape index (κ2) is 14.8. The van der Waals surface area contributed by atoms with Crippen LogP contribution in [0, 0.1) is 28.7 Å². The van der Waals surface area contributed by atoms with Crippen LogP contribution in [0.2, 0.25) is 0 Å². The quantitative estimate of drug-likeness (QED) is 0.106. The van der Waals surface area contributed by atoms with Crippen LogP contribution >= 0.6 is 0 Å². The minimum absolute atomic E-state index is 0.00248. The lowest BCUT2D eigenvalue weighted by Crippen LogP contribution is -2.57. The molecule has 1 aromatic carbocycles. The molecule has 5 rings (SSSR count). The number of aromatic nitrogens is 3. The number of methoxy groups -OCH3 is 2. The van der Waals surface area contributed by atoms with Gasteiger partial charge in [-0.25, -0.2) is 18.6 Å². The molecule has 1 fully saturated rings. The molecule has 0 bridgehead atoms. The SMILES string of the molecule is COc1cccc(F)c1-c1nc2c(cc1F)c(N1CCN(C(=O)OC(C)(C)C)CC1OC(C)OC)c([N+](=O)[O-])c(=O)n2-c1c(C)ccnc1C(C)C. The standard InChI is InChI=1S/C36H42F2N6O8/c1-19(2)28-30(20(3)13-14-39-28)43-33-22(17-24(38)29(40-33)27-23(37)11-10-12-25(27)50-9)31(32(34(43)45)44(47)48)42-16-15-41(35(46)52-36(5,6)7)18-26(42)51-21(4)49-8/h10-14,17,19,21,26H,15-16,18H2,1-9H3. The third-order valence-corrected chi connectivity index (χ3v) is 8.55. The topological polar surface area (TPSA) is 151 Å². The molecule has 278 valence electrons. The fraction of sp³-hybridized carbons (Fsp3) is 0.444. The van der Waals surface area contributed by atoms with E-state index in [1.54, 1.807) is 46.9 Å². The van der Waals surface area contributed by atoms with Crippen molar-refractivity contribution in [2.45, 2.75) is 72.5 Å². The summed E-state index contributed by atoms with van der Waals surface area (Å²) in [7, 11) is 2.68. The summed E-state index contributed by atoms with van der Waals surface area (Å²) in [5.74, 6) is -2.18. The van der Waals surface area contributed by atoms with Gasteiger partial charge in [0.2, 0.25) is 0 Å². The second-order valence-electron chi connectivity index (χ2n) is 13.6. The first kappa shape index (κ1) is 38.0. The van der Waals surface area contributed by atoms with Crippen LogP contribution in [-0.4, -0.2) is 82.4 Å². The number of halogens is 2. The maximum absolute atomic E-state index is 16.5. The van der Waals surface area contributed by atoms with Gasteiger partial charge in [-0.2, -0.15) is 0 Å². The van der Waals surface area contributed by atoms with Crippen LogP contribution in [0.5, 0.6) is 5.75 Å². The molecule has 1 saturated heterocycles. The van der Waals surface area contributed by atoms with Gasteiger partial charge in [-0.15, -0.1) is 0 Å². The minimum atomic E-state index is -1.14. The van der Waals surface area contributed by atoms with E-state index in [9.17, 15) is 19.7 Å². The van der Waals surface area contributed by atoms with Gasteiger partial charge in [-0.05, 0) is 70.4 Å². The molecule has 1 aliphatic heterocycles. The lowest BCUT2D eigenvalue weighted by Gasteiger charge is -2.43. The Morgan fingerprint density at radius 2 is 1.79 bits per heavy atom. The first-order valence-corrected chi connectivity index (χ1v) is 16.6. The lowest BCUT2D eigenvalue weighted by molar-refractivity contribution is -0.385. The number of fused-ring (bicyclic) bond motifs is 1. The summed E-state index contributed by atoms with van der Waals surface area (Å²) in [4.78, 5) is 52.0. The molecule has 2 unspecified atom stereocenters. The Labute approximate surface area is 299 Å². The van der Waals surface area contributed by atoms with Gasteiger partial charge in [-0.1, -0.05) is 19.9 Å². The molecule has 1 aliphatic rings. The minimum Gasteiger partial charge on any atom is -0.496 e. The van der Waals surface area contributed by atoms with Crippen LogP contribution in [0.4, 0.5) is 25.0 Å². The van der Waals surface area contributed by atoms with Gasteiger partial charge in [-0.3, -0.25) is 24.5 Å². The smallest absolute Gasteiger partial charge is 0.410 e. The van der Waals surface area contributed by atoms with Crippen molar-refractivity contribution in [2.75, 3.05) is 38.8 Å². The van der Waals surface area contributed by atoms with Crippen LogP contribution in [0.3, 0.4) is 0 Å². The second-order valence-corrected chi connectivity index (χ2v) is 13.6. The number of carbonyl (C=O) groups is 1. The molecule has 4 heterocycles. The van der Waals surface area contributed by atoms with Gasteiger partial charge in [0.1, 0.15) is 28.5 Å². The van der Waals surface area contributed by atoms with E-state index in [0.717, 1.165) is 16.7 Å². The largest absolute Gasteiger partial charge is 0.496 e. The number of piperazine rings is 1. The third-order valence-electron chi connectivity index (χ3n) is 8.55. The lowest BCUT2D eigenvalue weighted by atomic mass is 10.0. The highest BCUT2D eigenvalue weighted by Gasteiger charge is 2.40. The van der Waals surface area contributed by atoms with Gasteiger partial charge in [0, 0.05) is 26.4 Å². The Morgan fingerprint density at radius 3 is 2.40 bits per heavy atom. The number of rotatable bonds is 9. The van der Waals surface area contributed by atoms with E-state index < -0.39 is 57.7 Å². The zero-order chi connectivity index (χ0) is 38.2. The summed E-state index contributed by atoms with van der Waals surface area (Å²) in [6, 6.07) is 6.56. The molecule has 4 aromatic rings. The van der Waals surface area contributed by atoms with E-state index in [4.69, 9.17) is 18.9 Å². The van der Waals surface area contributed by atoms with Gasteiger partial charge < -0.3 is 28.7 Å². The fourth-order valence-corrected chi connectivity index (χ4v) is 6.17. The van der Waals surface area contributed by atoms with Crippen LogP contribution in [0.15, 0.2) is 41.3 Å². The highest BCUT2D eigenvalue weighted by molar-refractivity contribution is 5.97. The van der Waals surface area contributed by atoms with Crippen LogP contribution in [0.25, 0.3) is 28.0 Å². The molecule has 0 spiro atoms. The number of nitrogens with zero attached hydrogens (tertiary/aromatic N) is 6. The summed E-state index contributed by atoms with van der Waals surface area (Å²) < 4.78 is 55.4. The van der Waals surface area contributed by atoms with Gasteiger partial charge in [0.15, 0.2) is 24.0 Å². The van der Waals surface area contributed by atoms with Crippen molar-refractivity contribution in [3.8, 4) is 22.7 Å². The van der Waals surface area contributed by atoms with Crippen molar-refractivity contribution in [1.29, 1.82) is 0 Å². The maximum atomic E-state index is 16.5. The summed E-state index contributed by atoms with van der Waals surface area (Å²) in [6.07, 6.45) is -1.12. The van der Waals surface area contributed by atoms with Gasteiger partial charge >= 0.3 is 17.3 Å². The Hall–Kier alpha value is -5.22. The molecule has 14 nitrogen and oxygen atoms in total. The number of nitro groups is 1. The number of aryl methyl sites for hydroxylation is 1. The first-order valence-electron chi connectivity index (χ1n) is 16.6. The molecule has 3 aromatic heterocycles. The van der Waals surface area contributed by atoms with Crippen molar-refractivity contribution in [2.24, 2.45) is 0 Å². The zero-order valence-electron chi connectivity index (χ0n) is 30.5. The van der Waals surface area contributed by atoms with Crippen molar-refractivity contribution in [3.05, 3.63) is 79.9 Å². The molecule has 16 heteroatoms. The van der Waals surface area contributed by atoms with Crippen LogP contribution in [0.1, 0.15) is 58.7 Å². The molecule has 0 saturated carbocycles. The molecular weight excluding hydrogens is 682 g/mol. The predicted octanol–water partition coefficient (Wildman–Crippen LogP) is 6.47. The van der Waals surface area contributed by atoms with E-state index >= 15 is 8.78 Å². The summed E-state index contributed by atoms with van der Waals surface area (Å²) in [6.45, 7) is 11.9. The van der Waals surface area contributed by atoms with Crippen LogP contribution < -0.4 is 15.2 Å². The van der Waals surface area contributed by atoms with E-state index in [0.29, 0.717) is 11.3 Å². The van der Waals surface area contributed by atoms with Crippen molar-refractivity contribution >= 4 is 28.5 Å². The summed E-state index contributed by atoms with van der Waals surface area (Å²) in [5.41, 5.74) is -2.95. The molecule has 0 radical (unpaired) electrons. The molecular formula is C36H42F2N6O8. The van der Waals surface area contributed by atoms with E-state index in [2.05, 4.69) is 9.97 Å². The Morgan fingerprint density at radius 1 is 1.08 bits per heavy atom. The zero-order valence-corrected chi connectivity index (χ0v) is 30.5. The van der Waals surface area contributed by atoms with Crippen molar-refractivity contribution in [3.63, 3.8) is 0 Å². The Balaban J connectivity index is 1.90. The third kappa shape index (κ3) is 7.25. The molecule has 0 aliphatic carbocycles. The Bertz CT molecular complexity index is 2080. The van der Waals surface area contributed by atoms with Crippen molar-refractivity contribution in [1.82, 2.24) is 19.4 Å². The summed E-state index contributed by atoms with van der Waals surface area (Å²) >= 11 is 0. The number of hydrogen-bond acceptors (Lipinski definition) is 11. The number of benzene rings is 1. The molecule has 2 atom stereocenters.